The molecule has 0 aromatic carbocycles. The molecule has 0 radical (unpaired) electrons. The van der Waals surface area contributed by atoms with E-state index in [9.17, 15) is 4.79 Å². The van der Waals surface area contributed by atoms with Gasteiger partial charge in [-0.25, -0.2) is 4.79 Å². The standard InChI is InChI=1S/C10H14O3/c1-5-6-8(2)9(7-12-3)10(11)13-4/h5-7H,1H2,2-4H3/b8-6+,9-7-. The van der Waals surface area contributed by atoms with Crippen LogP contribution in [0.2, 0.25) is 0 Å². The van der Waals surface area contributed by atoms with Gasteiger partial charge < -0.3 is 9.47 Å². The van der Waals surface area contributed by atoms with Crippen LogP contribution in [0.5, 0.6) is 0 Å². The molecule has 0 spiro atoms. The van der Waals surface area contributed by atoms with Gasteiger partial charge in [0, 0.05) is 0 Å². The van der Waals surface area contributed by atoms with Crippen LogP contribution < -0.4 is 0 Å². The first-order valence-electron chi connectivity index (χ1n) is 3.78. The highest BCUT2D eigenvalue weighted by Gasteiger charge is 2.11. The van der Waals surface area contributed by atoms with Gasteiger partial charge in [-0.2, -0.15) is 0 Å². The molecular weight excluding hydrogens is 168 g/mol. The second-order valence-electron chi connectivity index (χ2n) is 2.34. The average Bonchev–Trinajstić information content (AvgIpc) is 2.13. The summed E-state index contributed by atoms with van der Waals surface area (Å²) in [7, 11) is 2.80. The molecule has 0 N–H and O–H groups in total. The average molecular weight is 182 g/mol. The Bertz CT molecular complexity index is 249. The largest absolute Gasteiger partial charge is 0.503 e. The lowest BCUT2D eigenvalue weighted by atomic mass is 10.1. The van der Waals surface area contributed by atoms with Gasteiger partial charge in [-0.05, 0) is 12.5 Å². The molecule has 72 valence electrons. The molecule has 0 saturated heterocycles. The molecule has 0 fully saturated rings. The van der Waals surface area contributed by atoms with Crippen LogP contribution in [0.25, 0.3) is 0 Å². The van der Waals surface area contributed by atoms with Crippen molar-refractivity contribution >= 4 is 5.97 Å². The molecule has 0 amide bonds. The van der Waals surface area contributed by atoms with Gasteiger partial charge in [-0.15, -0.1) is 0 Å². The summed E-state index contributed by atoms with van der Waals surface area (Å²) < 4.78 is 9.33. The number of methoxy groups -OCH3 is 2. The van der Waals surface area contributed by atoms with Crippen LogP contribution in [0, 0.1) is 0 Å². The lowest BCUT2D eigenvalue weighted by molar-refractivity contribution is -0.135. The van der Waals surface area contributed by atoms with Crippen molar-refractivity contribution in [1.29, 1.82) is 0 Å². The number of carbonyl (C=O) groups is 1. The minimum absolute atomic E-state index is 0.393. The van der Waals surface area contributed by atoms with Gasteiger partial charge in [-0.1, -0.05) is 18.7 Å². The first-order chi connectivity index (χ1) is 6.17. The van der Waals surface area contributed by atoms with Crippen LogP contribution in [0.15, 0.2) is 36.1 Å². The topological polar surface area (TPSA) is 35.5 Å². The quantitative estimate of drug-likeness (QED) is 0.288. The Labute approximate surface area is 78.3 Å². The summed E-state index contributed by atoms with van der Waals surface area (Å²) in [5, 5.41) is 0. The van der Waals surface area contributed by atoms with Crippen LogP contribution in [0.4, 0.5) is 0 Å². The molecule has 0 bridgehead atoms. The molecular formula is C10H14O3. The fourth-order valence-corrected chi connectivity index (χ4v) is 0.796. The third-order valence-corrected chi connectivity index (χ3v) is 1.43. The summed E-state index contributed by atoms with van der Waals surface area (Å²) in [5.74, 6) is -0.419. The van der Waals surface area contributed by atoms with Crippen LogP contribution in [-0.2, 0) is 14.3 Å². The number of rotatable bonds is 4. The van der Waals surface area contributed by atoms with Crippen molar-refractivity contribution in [3.05, 3.63) is 36.1 Å². The molecule has 0 saturated carbocycles. The summed E-state index contributed by atoms with van der Waals surface area (Å²) in [4.78, 5) is 11.2. The lowest BCUT2D eigenvalue weighted by Crippen LogP contribution is -2.06. The Morgan fingerprint density at radius 3 is 2.38 bits per heavy atom. The predicted molar refractivity (Wildman–Crippen MR) is 51.1 cm³/mol. The molecule has 3 heteroatoms. The Morgan fingerprint density at radius 1 is 1.38 bits per heavy atom. The molecule has 13 heavy (non-hydrogen) atoms. The number of allylic oxidation sites excluding steroid dienone is 2. The van der Waals surface area contributed by atoms with Gasteiger partial charge in [-0.3, -0.25) is 0 Å². The van der Waals surface area contributed by atoms with E-state index in [2.05, 4.69) is 11.3 Å². The minimum Gasteiger partial charge on any atom is -0.503 e. The molecule has 0 aliphatic carbocycles. The first kappa shape index (κ1) is 11.5. The SMILES string of the molecule is C=C/C=C(C)/C(=C/OC)C(=O)OC. The zero-order valence-electron chi connectivity index (χ0n) is 8.16. The van der Waals surface area contributed by atoms with E-state index in [0.717, 1.165) is 5.57 Å². The highest BCUT2D eigenvalue weighted by molar-refractivity contribution is 5.92. The van der Waals surface area contributed by atoms with E-state index in [0.29, 0.717) is 5.57 Å². The molecule has 0 rings (SSSR count). The van der Waals surface area contributed by atoms with E-state index < -0.39 is 5.97 Å². The lowest BCUT2D eigenvalue weighted by Gasteiger charge is -2.04. The zero-order chi connectivity index (χ0) is 10.3. The van der Waals surface area contributed by atoms with Gasteiger partial charge in [0.05, 0.1) is 26.1 Å². The van der Waals surface area contributed by atoms with E-state index in [1.165, 1.54) is 20.5 Å². The smallest absolute Gasteiger partial charge is 0.341 e. The van der Waals surface area contributed by atoms with Crippen molar-refractivity contribution in [2.24, 2.45) is 0 Å². The molecule has 3 nitrogen and oxygen atoms in total. The fraction of sp³-hybridized carbons (Fsp3) is 0.300. The Kier molecular flexibility index (Phi) is 5.35. The summed E-state index contributed by atoms with van der Waals surface area (Å²) in [6.07, 6.45) is 4.66. The molecule has 0 unspecified atom stereocenters. The highest BCUT2D eigenvalue weighted by atomic mass is 16.5. The molecule has 0 heterocycles. The number of esters is 1. The third kappa shape index (κ3) is 3.60. The fourth-order valence-electron chi connectivity index (χ4n) is 0.796. The number of hydrogen-bond acceptors (Lipinski definition) is 3. The molecule has 0 atom stereocenters. The minimum atomic E-state index is -0.419. The summed E-state index contributed by atoms with van der Waals surface area (Å²) in [5.41, 5.74) is 1.15. The van der Waals surface area contributed by atoms with E-state index in [-0.39, 0.29) is 0 Å². The molecule has 0 aliphatic heterocycles. The summed E-state index contributed by atoms with van der Waals surface area (Å²) in [6.45, 7) is 5.31. The molecule has 0 aromatic rings. The van der Waals surface area contributed by atoms with E-state index in [4.69, 9.17) is 4.74 Å². The Hall–Kier alpha value is -1.51. The summed E-state index contributed by atoms with van der Waals surface area (Å²) >= 11 is 0. The number of ether oxygens (including phenoxy) is 2. The van der Waals surface area contributed by atoms with Crippen LogP contribution >= 0.6 is 0 Å². The van der Waals surface area contributed by atoms with Crippen molar-refractivity contribution in [1.82, 2.24) is 0 Å². The van der Waals surface area contributed by atoms with Crippen molar-refractivity contribution in [2.45, 2.75) is 6.92 Å². The van der Waals surface area contributed by atoms with Gasteiger partial charge in [0.25, 0.3) is 0 Å². The number of carbonyl (C=O) groups excluding carboxylic acids is 1. The monoisotopic (exact) mass is 182 g/mol. The molecule has 0 aliphatic rings. The second-order valence-corrected chi connectivity index (χ2v) is 2.34. The second kappa shape index (κ2) is 6.06. The van der Waals surface area contributed by atoms with E-state index >= 15 is 0 Å². The van der Waals surface area contributed by atoms with E-state index in [1.54, 1.807) is 19.1 Å². The molecule has 0 aromatic heterocycles. The van der Waals surface area contributed by atoms with Gasteiger partial charge >= 0.3 is 5.97 Å². The van der Waals surface area contributed by atoms with Crippen molar-refractivity contribution in [2.75, 3.05) is 14.2 Å². The van der Waals surface area contributed by atoms with E-state index in [1.807, 2.05) is 0 Å². The van der Waals surface area contributed by atoms with Crippen molar-refractivity contribution in [3.63, 3.8) is 0 Å². The van der Waals surface area contributed by atoms with Crippen LogP contribution in [0.3, 0.4) is 0 Å². The maximum atomic E-state index is 11.2. The normalized spacial score (nSPS) is 12.2. The van der Waals surface area contributed by atoms with Crippen LogP contribution in [0.1, 0.15) is 6.92 Å². The van der Waals surface area contributed by atoms with Gasteiger partial charge in [0.15, 0.2) is 0 Å². The Morgan fingerprint density at radius 2 is 2.00 bits per heavy atom. The Balaban J connectivity index is 4.82. The van der Waals surface area contributed by atoms with Crippen LogP contribution in [-0.4, -0.2) is 20.2 Å². The van der Waals surface area contributed by atoms with Crippen molar-refractivity contribution in [3.8, 4) is 0 Å². The maximum Gasteiger partial charge on any atom is 0.341 e. The van der Waals surface area contributed by atoms with Gasteiger partial charge in [0.1, 0.15) is 0 Å². The predicted octanol–water partition coefficient (Wildman–Crippen LogP) is 1.82. The summed E-state index contributed by atoms with van der Waals surface area (Å²) in [6, 6.07) is 0. The van der Waals surface area contributed by atoms with Crippen molar-refractivity contribution < 1.29 is 14.3 Å². The highest BCUT2D eigenvalue weighted by Crippen LogP contribution is 2.10. The third-order valence-electron chi connectivity index (χ3n) is 1.43. The first-order valence-corrected chi connectivity index (χ1v) is 3.78. The zero-order valence-corrected chi connectivity index (χ0v) is 8.16. The van der Waals surface area contributed by atoms with Gasteiger partial charge in [0.2, 0.25) is 0 Å². The number of hydrogen-bond donors (Lipinski definition) is 0. The maximum absolute atomic E-state index is 11.2.